The number of ether oxygens (including phenoxy) is 2. The van der Waals surface area contributed by atoms with E-state index >= 15 is 0 Å². The summed E-state index contributed by atoms with van der Waals surface area (Å²) in [4.78, 5) is 11.3. The summed E-state index contributed by atoms with van der Waals surface area (Å²) in [6.07, 6.45) is 11.2. The third-order valence-corrected chi connectivity index (χ3v) is 5.96. The van der Waals surface area contributed by atoms with Crippen molar-refractivity contribution in [3.63, 3.8) is 0 Å². The number of aliphatic hydroxyl groups excluding tert-OH is 1. The minimum absolute atomic E-state index is 0.0149. The van der Waals surface area contributed by atoms with E-state index in [1.165, 1.54) is 0 Å². The van der Waals surface area contributed by atoms with E-state index in [1.54, 1.807) is 17.1 Å². The van der Waals surface area contributed by atoms with Crippen molar-refractivity contribution in [2.75, 3.05) is 26.8 Å². The molecular weight excluding hydrogens is 448 g/mol. The van der Waals surface area contributed by atoms with Gasteiger partial charge in [0.25, 0.3) is 0 Å². The first-order valence-corrected chi connectivity index (χ1v) is 11.7. The van der Waals surface area contributed by atoms with Crippen molar-refractivity contribution >= 4 is 17.8 Å². The van der Waals surface area contributed by atoms with Gasteiger partial charge in [0.15, 0.2) is 5.65 Å². The van der Waals surface area contributed by atoms with Crippen LogP contribution in [0.15, 0.2) is 24.8 Å². The van der Waals surface area contributed by atoms with E-state index in [9.17, 15) is 5.11 Å². The second kappa shape index (κ2) is 9.51. The number of hydrogen-bond donors (Lipinski definition) is 1. The van der Waals surface area contributed by atoms with Gasteiger partial charge in [-0.25, -0.2) is 9.67 Å². The Kier molecular flexibility index (Phi) is 6.27. The van der Waals surface area contributed by atoms with Crippen LogP contribution in [0.1, 0.15) is 30.8 Å². The SMILES string of the molecule is CCOc1nn(CCO)c2c1/C=C/c1cnc3cnc(cn13)-c1cnn(C)c1O[C@@H](C)CN(C)C2. The molecule has 1 atom stereocenters. The molecule has 0 saturated heterocycles. The fourth-order valence-corrected chi connectivity index (χ4v) is 4.41. The molecule has 0 unspecified atom stereocenters. The summed E-state index contributed by atoms with van der Waals surface area (Å²) in [7, 11) is 3.90. The van der Waals surface area contributed by atoms with E-state index < -0.39 is 0 Å². The molecule has 2 bridgehead atoms. The molecule has 5 heterocycles. The van der Waals surface area contributed by atoms with Gasteiger partial charge in [0.05, 0.1) is 66.6 Å². The summed E-state index contributed by atoms with van der Waals surface area (Å²) in [5.74, 6) is 1.21. The quantitative estimate of drug-likeness (QED) is 0.475. The van der Waals surface area contributed by atoms with Gasteiger partial charge in [-0.1, -0.05) is 0 Å². The van der Waals surface area contributed by atoms with Gasteiger partial charge in [-0.2, -0.15) is 5.10 Å². The maximum atomic E-state index is 9.65. The third-order valence-electron chi connectivity index (χ3n) is 5.96. The average molecular weight is 479 g/mol. The Hall–Kier alpha value is -3.70. The molecule has 35 heavy (non-hydrogen) atoms. The summed E-state index contributed by atoms with van der Waals surface area (Å²) >= 11 is 0. The van der Waals surface area contributed by atoms with Gasteiger partial charge >= 0.3 is 0 Å². The lowest BCUT2D eigenvalue weighted by Crippen LogP contribution is -2.32. The van der Waals surface area contributed by atoms with Crippen LogP contribution in [0.2, 0.25) is 0 Å². The Morgan fingerprint density at radius 2 is 2.03 bits per heavy atom. The number of fused-ring (bicyclic) bond motifs is 4. The maximum absolute atomic E-state index is 9.65. The zero-order valence-corrected chi connectivity index (χ0v) is 20.4. The fraction of sp³-hybridized carbons (Fsp3) is 0.417. The average Bonchev–Trinajstić information content (AvgIpc) is 3.49. The Morgan fingerprint density at radius 3 is 2.83 bits per heavy atom. The molecule has 11 nitrogen and oxygen atoms in total. The Morgan fingerprint density at radius 1 is 1.17 bits per heavy atom. The van der Waals surface area contributed by atoms with Crippen molar-refractivity contribution in [1.82, 2.24) is 38.8 Å². The number of aryl methyl sites for hydroxylation is 1. The monoisotopic (exact) mass is 478 g/mol. The molecule has 5 rings (SSSR count). The van der Waals surface area contributed by atoms with E-state index in [0.717, 1.165) is 33.9 Å². The summed E-state index contributed by atoms with van der Waals surface area (Å²) in [6.45, 7) is 6.10. The lowest BCUT2D eigenvalue weighted by atomic mass is 10.2. The predicted molar refractivity (Wildman–Crippen MR) is 131 cm³/mol. The molecule has 4 aromatic heterocycles. The molecular formula is C24H30N8O3. The molecule has 4 aromatic rings. The van der Waals surface area contributed by atoms with E-state index in [0.29, 0.717) is 38.0 Å². The molecule has 11 heteroatoms. The van der Waals surface area contributed by atoms with E-state index in [-0.39, 0.29) is 12.7 Å². The highest BCUT2D eigenvalue weighted by Gasteiger charge is 2.22. The molecule has 1 aliphatic heterocycles. The number of likely N-dealkylation sites (N-methyl/N-ethyl adjacent to an activating group) is 1. The van der Waals surface area contributed by atoms with Crippen LogP contribution in [-0.2, 0) is 20.1 Å². The van der Waals surface area contributed by atoms with Crippen LogP contribution in [0.5, 0.6) is 11.8 Å². The Balaban J connectivity index is 1.69. The first kappa shape index (κ1) is 23.1. The second-order valence-electron chi connectivity index (χ2n) is 8.67. The fourth-order valence-electron chi connectivity index (χ4n) is 4.41. The molecule has 0 aliphatic carbocycles. The Labute approximate surface area is 203 Å². The van der Waals surface area contributed by atoms with Crippen molar-refractivity contribution in [2.24, 2.45) is 7.05 Å². The van der Waals surface area contributed by atoms with Gasteiger partial charge in [-0.15, -0.1) is 5.10 Å². The van der Waals surface area contributed by atoms with Crippen molar-refractivity contribution in [1.29, 1.82) is 0 Å². The number of rotatable bonds is 4. The number of aliphatic hydroxyl groups is 1. The summed E-state index contributed by atoms with van der Waals surface area (Å²) < 4.78 is 17.8. The number of aromatic nitrogens is 7. The molecule has 0 amide bonds. The smallest absolute Gasteiger partial charge is 0.240 e. The highest BCUT2D eigenvalue weighted by Crippen LogP contribution is 2.30. The van der Waals surface area contributed by atoms with Crippen molar-refractivity contribution in [2.45, 2.75) is 33.0 Å². The normalized spacial score (nSPS) is 17.5. The van der Waals surface area contributed by atoms with Crippen LogP contribution in [0, 0.1) is 0 Å². The molecule has 184 valence electrons. The number of hydrogen-bond acceptors (Lipinski definition) is 8. The van der Waals surface area contributed by atoms with Crippen molar-refractivity contribution in [3.05, 3.63) is 41.7 Å². The summed E-state index contributed by atoms with van der Waals surface area (Å²) in [5.41, 5.74) is 5.03. The largest absolute Gasteiger partial charge is 0.476 e. The zero-order valence-electron chi connectivity index (χ0n) is 20.4. The molecule has 0 saturated carbocycles. The number of imidazole rings is 1. The lowest BCUT2D eigenvalue weighted by Gasteiger charge is -2.23. The standard InChI is InChI=1S/C24H30N8O3/c1-5-34-23-18-7-6-17-10-26-22-12-25-20(14-31(17)22)19-11-27-30(4)24(19)35-16(2)13-29(3)15-21(18)32(28-23)8-9-33/h6-7,10-12,14,16,33H,5,8-9,13,15H2,1-4H3/b7-6+/t16-/m0/s1. The minimum atomic E-state index is -0.119. The van der Waals surface area contributed by atoms with Crippen LogP contribution in [0.3, 0.4) is 0 Å². The van der Waals surface area contributed by atoms with Gasteiger partial charge < -0.3 is 14.6 Å². The van der Waals surface area contributed by atoms with Gasteiger partial charge in [0, 0.05) is 26.3 Å². The molecule has 0 spiro atoms. The first-order chi connectivity index (χ1) is 17.0. The highest BCUT2D eigenvalue weighted by atomic mass is 16.5. The van der Waals surface area contributed by atoms with Crippen LogP contribution < -0.4 is 9.47 Å². The van der Waals surface area contributed by atoms with Gasteiger partial charge in [0.2, 0.25) is 11.8 Å². The van der Waals surface area contributed by atoms with Crippen LogP contribution in [0.25, 0.3) is 29.1 Å². The van der Waals surface area contributed by atoms with Crippen LogP contribution in [0.4, 0.5) is 0 Å². The van der Waals surface area contributed by atoms with Crippen LogP contribution >= 0.6 is 0 Å². The molecule has 0 radical (unpaired) electrons. The predicted octanol–water partition coefficient (Wildman–Crippen LogP) is 2.10. The van der Waals surface area contributed by atoms with Crippen molar-refractivity contribution in [3.8, 4) is 23.0 Å². The van der Waals surface area contributed by atoms with Gasteiger partial charge in [0.1, 0.15) is 6.10 Å². The van der Waals surface area contributed by atoms with Gasteiger partial charge in [-0.05, 0) is 33.0 Å². The van der Waals surface area contributed by atoms with Crippen molar-refractivity contribution < 1.29 is 14.6 Å². The lowest BCUT2D eigenvalue weighted by molar-refractivity contribution is 0.146. The van der Waals surface area contributed by atoms with E-state index in [2.05, 4.69) is 25.1 Å². The third kappa shape index (κ3) is 4.40. The number of nitrogens with zero attached hydrogens (tertiary/aromatic N) is 8. The minimum Gasteiger partial charge on any atom is -0.476 e. The second-order valence-corrected chi connectivity index (χ2v) is 8.67. The topological polar surface area (TPSA) is 108 Å². The van der Waals surface area contributed by atoms with E-state index in [4.69, 9.17) is 9.47 Å². The van der Waals surface area contributed by atoms with Gasteiger partial charge in [-0.3, -0.25) is 19.0 Å². The zero-order chi connectivity index (χ0) is 24.5. The first-order valence-electron chi connectivity index (χ1n) is 11.7. The summed E-state index contributed by atoms with van der Waals surface area (Å²) in [5, 5.41) is 18.7. The molecule has 0 fully saturated rings. The van der Waals surface area contributed by atoms with E-state index in [1.807, 2.05) is 61.6 Å². The maximum Gasteiger partial charge on any atom is 0.240 e. The van der Waals surface area contributed by atoms with Crippen LogP contribution in [-0.4, -0.2) is 76.8 Å². The molecule has 1 aliphatic rings. The molecule has 1 N–H and O–H groups in total. The highest BCUT2D eigenvalue weighted by molar-refractivity contribution is 5.73. The summed E-state index contributed by atoms with van der Waals surface area (Å²) in [6, 6.07) is 0. The molecule has 0 aromatic carbocycles. The Bertz CT molecular complexity index is 1370.